The SMILES string of the molecule is COc1ccccc1CNc1nc(=O)[nH]nc1C. The number of hydrogen-bond acceptors (Lipinski definition) is 5. The molecule has 0 bridgehead atoms. The first-order valence-electron chi connectivity index (χ1n) is 5.50. The number of anilines is 1. The molecule has 0 saturated carbocycles. The van der Waals surface area contributed by atoms with Crippen molar-refractivity contribution in [3.8, 4) is 5.75 Å². The first-order valence-corrected chi connectivity index (χ1v) is 5.50. The summed E-state index contributed by atoms with van der Waals surface area (Å²) in [5.41, 5.74) is 1.16. The molecule has 0 amide bonds. The lowest BCUT2D eigenvalue weighted by Crippen LogP contribution is -2.17. The molecule has 0 spiro atoms. The van der Waals surface area contributed by atoms with Gasteiger partial charge in [0, 0.05) is 12.1 Å². The molecule has 0 radical (unpaired) electrons. The maximum atomic E-state index is 11.1. The number of aromatic amines is 1. The van der Waals surface area contributed by atoms with E-state index >= 15 is 0 Å². The third-order valence-corrected chi connectivity index (χ3v) is 2.51. The number of nitrogens with one attached hydrogen (secondary N) is 2. The minimum atomic E-state index is -0.469. The Balaban J connectivity index is 2.16. The summed E-state index contributed by atoms with van der Waals surface area (Å²) < 4.78 is 5.24. The van der Waals surface area contributed by atoms with Gasteiger partial charge in [-0.3, -0.25) is 0 Å². The molecule has 6 heteroatoms. The molecule has 0 aliphatic rings. The van der Waals surface area contributed by atoms with E-state index in [0.29, 0.717) is 18.1 Å². The fourth-order valence-corrected chi connectivity index (χ4v) is 1.59. The summed E-state index contributed by atoms with van der Waals surface area (Å²) in [6, 6.07) is 7.66. The van der Waals surface area contributed by atoms with Crippen LogP contribution in [0.3, 0.4) is 0 Å². The number of hydrogen-bond donors (Lipinski definition) is 2. The topological polar surface area (TPSA) is 79.9 Å². The van der Waals surface area contributed by atoms with Crippen LogP contribution in [-0.2, 0) is 6.54 Å². The highest BCUT2D eigenvalue weighted by atomic mass is 16.5. The van der Waals surface area contributed by atoms with Crippen LogP contribution in [0, 0.1) is 6.92 Å². The smallest absolute Gasteiger partial charge is 0.363 e. The third kappa shape index (κ3) is 2.65. The zero-order chi connectivity index (χ0) is 13.0. The second kappa shape index (κ2) is 5.31. The van der Waals surface area contributed by atoms with E-state index in [1.54, 1.807) is 14.0 Å². The molecule has 0 atom stereocenters. The predicted molar refractivity (Wildman–Crippen MR) is 67.7 cm³/mol. The normalized spacial score (nSPS) is 10.1. The Kier molecular flexibility index (Phi) is 3.57. The van der Waals surface area contributed by atoms with Crippen molar-refractivity contribution in [3.05, 3.63) is 46.0 Å². The van der Waals surface area contributed by atoms with Crippen molar-refractivity contribution >= 4 is 5.82 Å². The van der Waals surface area contributed by atoms with E-state index in [2.05, 4.69) is 20.5 Å². The monoisotopic (exact) mass is 246 g/mol. The standard InChI is InChI=1S/C12H14N4O2/c1-8-11(14-12(17)16-15-8)13-7-9-5-3-4-6-10(9)18-2/h3-6H,7H2,1-2H3,(H2,13,14,16,17). The summed E-state index contributed by atoms with van der Waals surface area (Å²) in [6.07, 6.45) is 0. The number of aromatic nitrogens is 3. The van der Waals surface area contributed by atoms with Crippen LogP contribution in [0.15, 0.2) is 29.1 Å². The number of H-pyrrole nitrogens is 1. The van der Waals surface area contributed by atoms with Gasteiger partial charge in [0.15, 0.2) is 5.82 Å². The molecule has 2 N–H and O–H groups in total. The van der Waals surface area contributed by atoms with Gasteiger partial charge in [0.25, 0.3) is 0 Å². The lowest BCUT2D eigenvalue weighted by molar-refractivity contribution is 0.410. The Morgan fingerprint density at radius 3 is 2.94 bits per heavy atom. The predicted octanol–water partition coefficient (Wildman–Crippen LogP) is 1.09. The average molecular weight is 246 g/mol. The second-order valence-corrected chi connectivity index (χ2v) is 3.74. The summed E-state index contributed by atoms with van der Waals surface area (Å²) in [5, 5.41) is 9.19. The molecule has 6 nitrogen and oxygen atoms in total. The van der Waals surface area contributed by atoms with E-state index in [1.165, 1.54) is 0 Å². The molecule has 94 valence electrons. The van der Waals surface area contributed by atoms with E-state index in [9.17, 15) is 4.79 Å². The van der Waals surface area contributed by atoms with E-state index in [4.69, 9.17) is 4.74 Å². The number of aryl methyl sites for hydroxylation is 1. The van der Waals surface area contributed by atoms with E-state index in [-0.39, 0.29) is 0 Å². The highest BCUT2D eigenvalue weighted by Crippen LogP contribution is 2.18. The minimum Gasteiger partial charge on any atom is -0.496 e. The lowest BCUT2D eigenvalue weighted by Gasteiger charge is -2.10. The minimum absolute atomic E-state index is 0.469. The fourth-order valence-electron chi connectivity index (χ4n) is 1.59. The molecular formula is C12H14N4O2. The van der Waals surface area contributed by atoms with Crippen LogP contribution in [0.1, 0.15) is 11.3 Å². The number of nitrogens with zero attached hydrogens (tertiary/aromatic N) is 2. The number of benzene rings is 1. The van der Waals surface area contributed by atoms with Crippen molar-refractivity contribution in [1.82, 2.24) is 15.2 Å². The Morgan fingerprint density at radius 2 is 2.17 bits per heavy atom. The Hall–Kier alpha value is -2.37. The molecular weight excluding hydrogens is 232 g/mol. The maximum absolute atomic E-state index is 11.1. The van der Waals surface area contributed by atoms with Gasteiger partial charge in [-0.25, -0.2) is 9.89 Å². The molecule has 0 aliphatic heterocycles. The molecule has 1 heterocycles. The van der Waals surface area contributed by atoms with Gasteiger partial charge < -0.3 is 10.1 Å². The van der Waals surface area contributed by atoms with Gasteiger partial charge in [-0.15, -0.1) is 0 Å². The average Bonchev–Trinajstić information content (AvgIpc) is 2.40. The second-order valence-electron chi connectivity index (χ2n) is 3.74. The van der Waals surface area contributed by atoms with E-state index in [0.717, 1.165) is 11.3 Å². The number of methoxy groups -OCH3 is 1. The summed E-state index contributed by atoms with van der Waals surface area (Å²) in [7, 11) is 1.62. The van der Waals surface area contributed by atoms with Gasteiger partial charge in [-0.1, -0.05) is 18.2 Å². The van der Waals surface area contributed by atoms with Crippen molar-refractivity contribution in [2.24, 2.45) is 0 Å². The van der Waals surface area contributed by atoms with Crippen LogP contribution in [0.4, 0.5) is 5.82 Å². The van der Waals surface area contributed by atoms with Gasteiger partial charge in [-0.2, -0.15) is 10.1 Å². The van der Waals surface area contributed by atoms with Crippen LogP contribution in [-0.4, -0.2) is 22.3 Å². The van der Waals surface area contributed by atoms with Crippen LogP contribution >= 0.6 is 0 Å². The van der Waals surface area contributed by atoms with Gasteiger partial charge in [0.05, 0.1) is 7.11 Å². The molecule has 0 fully saturated rings. The lowest BCUT2D eigenvalue weighted by atomic mass is 10.2. The third-order valence-electron chi connectivity index (χ3n) is 2.51. The summed E-state index contributed by atoms with van der Waals surface area (Å²) in [6.45, 7) is 2.29. The summed E-state index contributed by atoms with van der Waals surface area (Å²) in [4.78, 5) is 14.9. The molecule has 0 unspecified atom stereocenters. The molecule has 2 rings (SSSR count). The highest BCUT2D eigenvalue weighted by Gasteiger charge is 2.05. The molecule has 0 saturated heterocycles. The summed E-state index contributed by atoms with van der Waals surface area (Å²) in [5.74, 6) is 1.27. The zero-order valence-electron chi connectivity index (χ0n) is 10.2. The van der Waals surface area contributed by atoms with Gasteiger partial charge in [0.1, 0.15) is 11.4 Å². The first-order chi connectivity index (χ1) is 8.70. The first kappa shape index (κ1) is 12.1. The highest BCUT2D eigenvalue weighted by molar-refractivity contribution is 5.41. The molecule has 0 aliphatic carbocycles. The Bertz CT molecular complexity index is 595. The quantitative estimate of drug-likeness (QED) is 0.844. The van der Waals surface area contributed by atoms with Crippen molar-refractivity contribution < 1.29 is 4.74 Å². The largest absolute Gasteiger partial charge is 0.496 e. The Morgan fingerprint density at radius 1 is 1.39 bits per heavy atom. The fraction of sp³-hybridized carbons (Fsp3) is 0.250. The van der Waals surface area contributed by atoms with Crippen molar-refractivity contribution in [2.45, 2.75) is 13.5 Å². The van der Waals surface area contributed by atoms with Crippen molar-refractivity contribution in [2.75, 3.05) is 12.4 Å². The van der Waals surface area contributed by atoms with Gasteiger partial charge in [0.2, 0.25) is 0 Å². The molecule has 18 heavy (non-hydrogen) atoms. The van der Waals surface area contributed by atoms with Crippen LogP contribution in [0.5, 0.6) is 5.75 Å². The molecule has 2 aromatic rings. The van der Waals surface area contributed by atoms with Crippen molar-refractivity contribution in [3.63, 3.8) is 0 Å². The van der Waals surface area contributed by atoms with Crippen LogP contribution in [0.2, 0.25) is 0 Å². The molecule has 1 aromatic carbocycles. The maximum Gasteiger partial charge on any atom is 0.363 e. The Labute approximate surface area is 104 Å². The van der Waals surface area contributed by atoms with Crippen LogP contribution in [0.25, 0.3) is 0 Å². The number of rotatable bonds is 4. The van der Waals surface area contributed by atoms with E-state index < -0.39 is 5.69 Å². The van der Waals surface area contributed by atoms with Gasteiger partial charge >= 0.3 is 5.69 Å². The van der Waals surface area contributed by atoms with Gasteiger partial charge in [-0.05, 0) is 13.0 Å². The molecule has 1 aromatic heterocycles. The number of ether oxygens (including phenoxy) is 1. The summed E-state index contributed by atoms with van der Waals surface area (Å²) >= 11 is 0. The van der Waals surface area contributed by atoms with Crippen molar-refractivity contribution in [1.29, 1.82) is 0 Å². The zero-order valence-corrected chi connectivity index (χ0v) is 10.2. The van der Waals surface area contributed by atoms with Crippen LogP contribution < -0.4 is 15.7 Å². The number of para-hydroxylation sites is 1. The van der Waals surface area contributed by atoms with E-state index in [1.807, 2.05) is 24.3 Å².